The lowest BCUT2D eigenvalue weighted by Crippen LogP contribution is -2.58. The molecule has 1 aliphatic heterocycles. The normalized spacial score (nSPS) is 18.7. The van der Waals surface area contributed by atoms with E-state index in [0.717, 1.165) is 0 Å². The number of nitrogens with two attached hydrogens (primary N) is 3. The predicted molar refractivity (Wildman–Crippen MR) is 108 cm³/mol. The Morgan fingerprint density at radius 3 is 2.32 bits per heavy atom. The standard InChI is InChI=1S/C18H32N6O7/c19-6-2-1-4-10(20)15(27)23-12(9-25)17(29)24-7-3-5-13(24)16(28)22-11(18(30)31)8-14(21)26/h10-13,25H,1-9,19-20H2,(H2,21,26)(H,22,28)(H,23,27)(H,30,31). The zero-order chi connectivity index (χ0) is 23.6. The van der Waals surface area contributed by atoms with Crippen molar-refractivity contribution in [3.8, 4) is 0 Å². The van der Waals surface area contributed by atoms with Crippen molar-refractivity contribution in [2.45, 2.75) is 62.7 Å². The molecule has 1 aliphatic rings. The van der Waals surface area contributed by atoms with Crippen LogP contribution in [0.5, 0.6) is 0 Å². The predicted octanol–water partition coefficient (Wildman–Crippen LogP) is -3.64. The second kappa shape index (κ2) is 12.8. The van der Waals surface area contributed by atoms with Crippen LogP contribution in [0.15, 0.2) is 0 Å². The van der Waals surface area contributed by atoms with Gasteiger partial charge in [-0.25, -0.2) is 4.79 Å². The number of unbranched alkanes of at least 4 members (excludes halogenated alkanes) is 1. The SMILES string of the molecule is NCCCCC(N)C(=O)NC(CO)C(=O)N1CCCC1C(=O)NC(CC(N)=O)C(=O)O. The fraction of sp³-hybridized carbons (Fsp3) is 0.722. The fourth-order valence-corrected chi connectivity index (χ4v) is 3.28. The van der Waals surface area contributed by atoms with Crippen LogP contribution in [0.4, 0.5) is 0 Å². The Hall–Kier alpha value is -2.77. The first kappa shape index (κ1) is 26.3. The number of carboxylic acids is 1. The van der Waals surface area contributed by atoms with E-state index in [-0.39, 0.29) is 13.0 Å². The Balaban J connectivity index is 2.78. The fourth-order valence-electron chi connectivity index (χ4n) is 3.28. The van der Waals surface area contributed by atoms with Gasteiger partial charge in [-0.05, 0) is 32.2 Å². The van der Waals surface area contributed by atoms with Gasteiger partial charge >= 0.3 is 5.97 Å². The van der Waals surface area contributed by atoms with Crippen LogP contribution < -0.4 is 27.8 Å². The highest BCUT2D eigenvalue weighted by molar-refractivity contribution is 5.95. The Morgan fingerprint density at radius 1 is 1.10 bits per heavy atom. The Labute approximate surface area is 179 Å². The highest BCUT2D eigenvalue weighted by Gasteiger charge is 2.39. The molecule has 10 N–H and O–H groups in total. The highest BCUT2D eigenvalue weighted by atomic mass is 16.4. The summed E-state index contributed by atoms with van der Waals surface area (Å²) in [6.45, 7) is -0.0591. The smallest absolute Gasteiger partial charge is 0.326 e. The van der Waals surface area contributed by atoms with Crippen molar-refractivity contribution < 1.29 is 34.2 Å². The van der Waals surface area contributed by atoms with E-state index in [1.807, 2.05) is 0 Å². The molecule has 4 amide bonds. The van der Waals surface area contributed by atoms with E-state index in [4.69, 9.17) is 22.3 Å². The topological polar surface area (TPSA) is 231 Å². The Morgan fingerprint density at radius 2 is 1.77 bits per heavy atom. The summed E-state index contributed by atoms with van der Waals surface area (Å²) < 4.78 is 0. The minimum absolute atomic E-state index is 0.180. The lowest BCUT2D eigenvalue weighted by Gasteiger charge is -2.29. The van der Waals surface area contributed by atoms with Gasteiger partial charge in [-0.1, -0.05) is 6.42 Å². The molecule has 0 bridgehead atoms. The summed E-state index contributed by atoms with van der Waals surface area (Å²) >= 11 is 0. The van der Waals surface area contributed by atoms with Crippen molar-refractivity contribution in [1.82, 2.24) is 15.5 Å². The summed E-state index contributed by atoms with van der Waals surface area (Å²) in [5.41, 5.74) is 16.2. The number of carbonyl (C=O) groups excluding carboxylic acids is 4. The van der Waals surface area contributed by atoms with E-state index in [1.54, 1.807) is 0 Å². The molecule has 0 aromatic heterocycles. The van der Waals surface area contributed by atoms with Gasteiger partial charge in [0.15, 0.2) is 0 Å². The third kappa shape index (κ3) is 8.11. The molecule has 13 heteroatoms. The molecule has 1 heterocycles. The van der Waals surface area contributed by atoms with Crippen molar-refractivity contribution in [2.75, 3.05) is 19.7 Å². The number of amides is 4. The van der Waals surface area contributed by atoms with Crippen LogP contribution in [0, 0.1) is 0 Å². The lowest BCUT2D eigenvalue weighted by atomic mass is 10.1. The summed E-state index contributed by atoms with van der Waals surface area (Å²) in [5, 5.41) is 23.3. The van der Waals surface area contributed by atoms with Crippen molar-refractivity contribution in [2.24, 2.45) is 17.2 Å². The minimum Gasteiger partial charge on any atom is -0.480 e. The number of hydrogen-bond acceptors (Lipinski definition) is 8. The van der Waals surface area contributed by atoms with E-state index in [0.29, 0.717) is 32.2 Å². The van der Waals surface area contributed by atoms with Gasteiger partial charge in [0.2, 0.25) is 23.6 Å². The van der Waals surface area contributed by atoms with Gasteiger partial charge in [-0.15, -0.1) is 0 Å². The van der Waals surface area contributed by atoms with Crippen molar-refractivity contribution >= 4 is 29.6 Å². The molecule has 0 aliphatic carbocycles. The average molecular weight is 444 g/mol. The average Bonchev–Trinajstić information content (AvgIpc) is 3.20. The summed E-state index contributed by atoms with van der Waals surface area (Å²) in [4.78, 5) is 61.0. The first-order valence-electron chi connectivity index (χ1n) is 10.1. The lowest BCUT2D eigenvalue weighted by molar-refractivity contribution is -0.146. The molecule has 13 nitrogen and oxygen atoms in total. The number of rotatable bonds is 13. The number of likely N-dealkylation sites (tertiary alicyclic amines) is 1. The van der Waals surface area contributed by atoms with Gasteiger partial charge in [-0.3, -0.25) is 19.2 Å². The number of nitrogens with one attached hydrogen (secondary N) is 2. The van der Waals surface area contributed by atoms with E-state index in [9.17, 15) is 29.1 Å². The quantitative estimate of drug-likeness (QED) is 0.139. The van der Waals surface area contributed by atoms with Crippen LogP contribution in [0.1, 0.15) is 38.5 Å². The van der Waals surface area contributed by atoms with Crippen LogP contribution in [0.3, 0.4) is 0 Å². The van der Waals surface area contributed by atoms with Crippen molar-refractivity contribution in [3.63, 3.8) is 0 Å². The third-order valence-corrected chi connectivity index (χ3v) is 4.96. The first-order chi connectivity index (χ1) is 14.6. The Kier molecular flexibility index (Phi) is 10.9. The summed E-state index contributed by atoms with van der Waals surface area (Å²) in [7, 11) is 0. The number of aliphatic hydroxyl groups excluding tert-OH is 1. The number of carboxylic acid groups (broad SMARTS) is 1. The van der Waals surface area contributed by atoms with Gasteiger partial charge in [0.1, 0.15) is 18.1 Å². The molecule has 176 valence electrons. The van der Waals surface area contributed by atoms with Crippen LogP contribution in [-0.2, 0) is 24.0 Å². The maximum absolute atomic E-state index is 12.8. The maximum atomic E-state index is 12.8. The van der Waals surface area contributed by atoms with Gasteiger partial charge in [-0.2, -0.15) is 0 Å². The number of nitrogens with zero attached hydrogens (tertiary/aromatic N) is 1. The van der Waals surface area contributed by atoms with Gasteiger partial charge in [0.05, 0.1) is 19.1 Å². The van der Waals surface area contributed by atoms with E-state index >= 15 is 0 Å². The number of aliphatic carboxylic acids is 1. The molecule has 4 unspecified atom stereocenters. The van der Waals surface area contributed by atoms with E-state index in [1.165, 1.54) is 4.90 Å². The number of carbonyl (C=O) groups is 5. The maximum Gasteiger partial charge on any atom is 0.326 e. The van der Waals surface area contributed by atoms with Gasteiger partial charge in [0.25, 0.3) is 0 Å². The summed E-state index contributed by atoms with van der Waals surface area (Å²) in [6, 6.07) is -4.72. The second-order valence-corrected chi connectivity index (χ2v) is 7.39. The van der Waals surface area contributed by atoms with Crippen LogP contribution in [0.2, 0.25) is 0 Å². The molecule has 0 saturated carbocycles. The number of hydrogen-bond donors (Lipinski definition) is 7. The summed E-state index contributed by atoms with van der Waals surface area (Å²) in [5.74, 6) is -4.41. The molecular formula is C18H32N6O7. The van der Waals surface area contributed by atoms with E-state index in [2.05, 4.69) is 10.6 Å². The molecule has 0 radical (unpaired) electrons. The molecule has 1 rings (SSSR count). The number of primary amides is 1. The van der Waals surface area contributed by atoms with Crippen molar-refractivity contribution in [3.05, 3.63) is 0 Å². The highest BCUT2D eigenvalue weighted by Crippen LogP contribution is 2.19. The summed E-state index contributed by atoms with van der Waals surface area (Å²) in [6.07, 6.45) is 1.81. The minimum atomic E-state index is -1.53. The van der Waals surface area contributed by atoms with Gasteiger partial charge < -0.3 is 42.9 Å². The van der Waals surface area contributed by atoms with Crippen LogP contribution in [-0.4, -0.2) is 88.6 Å². The Bertz CT molecular complexity index is 674. The first-order valence-corrected chi connectivity index (χ1v) is 10.1. The molecular weight excluding hydrogens is 412 g/mol. The third-order valence-electron chi connectivity index (χ3n) is 4.96. The van der Waals surface area contributed by atoms with Crippen LogP contribution in [0.25, 0.3) is 0 Å². The molecule has 1 saturated heterocycles. The molecule has 1 fully saturated rings. The van der Waals surface area contributed by atoms with E-state index < -0.39 is 66.8 Å². The van der Waals surface area contributed by atoms with Crippen molar-refractivity contribution in [1.29, 1.82) is 0 Å². The molecule has 31 heavy (non-hydrogen) atoms. The second-order valence-electron chi connectivity index (χ2n) is 7.39. The number of aliphatic hydroxyl groups is 1. The van der Waals surface area contributed by atoms with Crippen LogP contribution >= 0.6 is 0 Å². The molecule has 0 aromatic carbocycles. The molecule has 4 atom stereocenters. The monoisotopic (exact) mass is 444 g/mol. The zero-order valence-electron chi connectivity index (χ0n) is 17.3. The van der Waals surface area contributed by atoms with Gasteiger partial charge in [0, 0.05) is 6.54 Å². The largest absolute Gasteiger partial charge is 0.480 e. The molecule has 0 aromatic rings. The zero-order valence-corrected chi connectivity index (χ0v) is 17.3. The molecule has 0 spiro atoms.